The van der Waals surface area contributed by atoms with Crippen LogP contribution in [0.15, 0.2) is 45.8 Å². The van der Waals surface area contributed by atoms with Crippen molar-refractivity contribution in [3.63, 3.8) is 0 Å². The van der Waals surface area contributed by atoms with Gasteiger partial charge in [0.05, 0.1) is 28.8 Å². The minimum atomic E-state index is -0.137. The first-order valence-electron chi connectivity index (χ1n) is 8.91. The zero-order valence-electron chi connectivity index (χ0n) is 16.6. The number of halogens is 1. The van der Waals surface area contributed by atoms with Crippen molar-refractivity contribution in [1.82, 2.24) is 0 Å². The number of rotatable bonds is 6. The molecular formula is C21H21BrN2O3S2. The first-order valence-corrected chi connectivity index (χ1v) is 10.9. The highest BCUT2D eigenvalue weighted by molar-refractivity contribution is 9.10. The molecule has 0 spiro atoms. The van der Waals surface area contributed by atoms with Crippen LogP contribution in [-0.2, 0) is 4.79 Å². The summed E-state index contributed by atoms with van der Waals surface area (Å²) < 4.78 is 12.3. The summed E-state index contributed by atoms with van der Waals surface area (Å²) in [6.45, 7) is 2.44. The van der Waals surface area contributed by atoms with Gasteiger partial charge < -0.3 is 14.4 Å². The molecule has 1 heterocycles. The summed E-state index contributed by atoms with van der Waals surface area (Å²) in [6.07, 6.45) is 1.82. The summed E-state index contributed by atoms with van der Waals surface area (Å²) >= 11 is 10.3. The van der Waals surface area contributed by atoms with Gasteiger partial charge in [-0.3, -0.25) is 9.69 Å². The molecule has 3 rings (SSSR count). The third-order valence-corrected chi connectivity index (χ3v) is 6.15. The van der Waals surface area contributed by atoms with Gasteiger partial charge in [0.25, 0.3) is 5.91 Å². The zero-order chi connectivity index (χ0) is 21.1. The number of carbonyl (C=O) groups excluding carboxylic acids is 1. The lowest BCUT2D eigenvalue weighted by Crippen LogP contribution is -2.27. The Morgan fingerprint density at radius 3 is 2.52 bits per heavy atom. The maximum absolute atomic E-state index is 13.0. The van der Waals surface area contributed by atoms with Crippen LogP contribution in [0.1, 0.15) is 12.5 Å². The Morgan fingerprint density at radius 1 is 1.24 bits per heavy atom. The Labute approximate surface area is 188 Å². The van der Waals surface area contributed by atoms with Crippen LogP contribution in [0.25, 0.3) is 6.08 Å². The van der Waals surface area contributed by atoms with Crippen molar-refractivity contribution < 1.29 is 14.3 Å². The predicted molar refractivity (Wildman–Crippen MR) is 128 cm³/mol. The van der Waals surface area contributed by atoms with E-state index in [1.807, 2.05) is 68.4 Å². The van der Waals surface area contributed by atoms with E-state index < -0.39 is 0 Å². The molecule has 1 fully saturated rings. The van der Waals surface area contributed by atoms with Crippen molar-refractivity contribution in [2.24, 2.45) is 0 Å². The molecule has 1 saturated heterocycles. The molecule has 0 saturated carbocycles. The number of hydrogen-bond donors (Lipinski definition) is 0. The van der Waals surface area contributed by atoms with Crippen LogP contribution in [0.2, 0.25) is 0 Å². The van der Waals surface area contributed by atoms with E-state index in [0.29, 0.717) is 27.3 Å². The van der Waals surface area contributed by atoms with E-state index in [1.54, 1.807) is 12.0 Å². The summed E-state index contributed by atoms with van der Waals surface area (Å²) in [4.78, 5) is 17.1. The van der Waals surface area contributed by atoms with Crippen molar-refractivity contribution in [3.8, 4) is 11.5 Å². The predicted octanol–water partition coefficient (Wildman–Crippen LogP) is 5.33. The molecule has 8 heteroatoms. The van der Waals surface area contributed by atoms with Crippen LogP contribution >= 0.6 is 39.9 Å². The molecular weight excluding hydrogens is 472 g/mol. The second-order valence-electron chi connectivity index (χ2n) is 6.40. The summed E-state index contributed by atoms with van der Waals surface area (Å²) in [6, 6.07) is 11.5. The maximum atomic E-state index is 13.0. The van der Waals surface area contributed by atoms with Crippen LogP contribution in [0, 0.1) is 0 Å². The molecule has 2 aromatic rings. The minimum absolute atomic E-state index is 0.137. The molecule has 2 aromatic carbocycles. The molecule has 1 aliphatic rings. The van der Waals surface area contributed by atoms with E-state index >= 15 is 0 Å². The number of carbonyl (C=O) groups is 1. The Morgan fingerprint density at radius 2 is 1.93 bits per heavy atom. The largest absolute Gasteiger partial charge is 0.493 e. The SMILES string of the molecule is CCOc1c(Br)cc(/C=C2/SC(=S)N(c3ccc(N(C)C)cc3)C2=O)cc1OC. The van der Waals surface area contributed by atoms with Gasteiger partial charge >= 0.3 is 0 Å². The Kier molecular flexibility index (Phi) is 6.87. The first-order chi connectivity index (χ1) is 13.8. The van der Waals surface area contributed by atoms with Crippen LogP contribution in [-0.4, -0.2) is 38.0 Å². The van der Waals surface area contributed by atoms with E-state index in [9.17, 15) is 4.79 Å². The summed E-state index contributed by atoms with van der Waals surface area (Å²) in [5.74, 6) is 1.10. The Bertz CT molecular complexity index is 975. The molecule has 0 N–H and O–H groups in total. The quantitative estimate of drug-likeness (QED) is 0.401. The lowest BCUT2D eigenvalue weighted by atomic mass is 10.1. The van der Waals surface area contributed by atoms with Crippen LogP contribution < -0.4 is 19.3 Å². The van der Waals surface area contributed by atoms with Crippen molar-refractivity contribution in [3.05, 3.63) is 51.3 Å². The van der Waals surface area contributed by atoms with Gasteiger partial charge in [0.15, 0.2) is 15.8 Å². The first kappa shape index (κ1) is 21.7. The molecule has 0 bridgehead atoms. The highest BCUT2D eigenvalue weighted by atomic mass is 79.9. The highest BCUT2D eigenvalue weighted by Gasteiger charge is 2.33. The fourth-order valence-corrected chi connectivity index (χ4v) is 4.72. The van der Waals surface area contributed by atoms with Crippen LogP contribution in [0.4, 0.5) is 11.4 Å². The Hall–Kier alpha value is -2.03. The molecule has 0 atom stereocenters. The van der Waals surface area contributed by atoms with Crippen molar-refractivity contribution in [2.45, 2.75) is 6.92 Å². The number of amides is 1. The van der Waals surface area contributed by atoms with Gasteiger partial charge in [0.2, 0.25) is 0 Å². The van der Waals surface area contributed by atoms with E-state index in [-0.39, 0.29) is 5.91 Å². The fourth-order valence-electron chi connectivity index (χ4n) is 2.85. The molecule has 29 heavy (non-hydrogen) atoms. The zero-order valence-corrected chi connectivity index (χ0v) is 19.8. The number of anilines is 2. The smallest absolute Gasteiger partial charge is 0.270 e. The van der Waals surface area contributed by atoms with Crippen molar-refractivity contribution >= 4 is 67.6 Å². The second kappa shape index (κ2) is 9.19. The van der Waals surface area contributed by atoms with Gasteiger partial charge in [-0.2, -0.15) is 0 Å². The molecule has 0 unspecified atom stereocenters. The van der Waals surface area contributed by atoms with Gasteiger partial charge in [-0.05, 0) is 70.9 Å². The lowest BCUT2D eigenvalue weighted by Gasteiger charge is -2.17. The molecule has 0 radical (unpaired) electrons. The van der Waals surface area contributed by atoms with Gasteiger partial charge in [0, 0.05) is 19.8 Å². The maximum Gasteiger partial charge on any atom is 0.270 e. The molecule has 1 amide bonds. The highest BCUT2D eigenvalue weighted by Crippen LogP contribution is 2.40. The molecule has 0 aliphatic carbocycles. The molecule has 0 aromatic heterocycles. The Balaban J connectivity index is 1.91. The van der Waals surface area contributed by atoms with E-state index in [4.69, 9.17) is 21.7 Å². The average Bonchev–Trinajstić information content (AvgIpc) is 2.97. The number of thiocarbonyl (C=S) groups is 1. The average molecular weight is 493 g/mol. The van der Waals surface area contributed by atoms with Gasteiger partial charge in [0.1, 0.15) is 0 Å². The monoisotopic (exact) mass is 492 g/mol. The third kappa shape index (κ3) is 4.60. The number of ether oxygens (including phenoxy) is 2. The minimum Gasteiger partial charge on any atom is -0.493 e. The van der Waals surface area contributed by atoms with Crippen molar-refractivity contribution in [2.75, 3.05) is 37.6 Å². The molecule has 1 aliphatic heterocycles. The topological polar surface area (TPSA) is 42.0 Å². The normalized spacial score (nSPS) is 15.2. The van der Waals surface area contributed by atoms with E-state index in [1.165, 1.54) is 11.8 Å². The lowest BCUT2D eigenvalue weighted by molar-refractivity contribution is -0.113. The van der Waals surface area contributed by atoms with Crippen LogP contribution in [0.5, 0.6) is 11.5 Å². The number of methoxy groups -OCH3 is 1. The standard InChI is InChI=1S/C21H21BrN2O3S2/c1-5-27-19-16(22)10-13(11-17(19)26-4)12-18-20(25)24(21(28)29-18)15-8-6-14(7-9-15)23(2)3/h6-12H,5H2,1-4H3/b18-12+. The summed E-state index contributed by atoms with van der Waals surface area (Å²) in [7, 11) is 5.53. The second-order valence-corrected chi connectivity index (χ2v) is 8.93. The molecule has 152 valence electrons. The number of thioether (sulfide) groups is 1. The number of benzene rings is 2. The van der Waals surface area contributed by atoms with Gasteiger partial charge in [-0.25, -0.2) is 0 Å². The van der Waals surface area contributed by atoms with Crippen LogP contribution in [0.3, 0.4) is 0 Å². The summed E-state index contributed by atoms with van der Waals surface area (Å²) in [5, 5.41) is 0. The van der Waals surface area contributed by atoms with E-state index in [0.717, 1.165) is 21.4 Å². The number of hydrogen-bond acceptors (Lipinski definition) is 6. The third-order valence-electron chi connectivity index (χ3n) is 4.26. The molecule has 5 nitrogen and oxygen atoms in total. The number of nitrogens with zero attached hydrogens (tertiary/aromatic N) is 2. The summed E-state index contributed by atoms with van der Waals surface area (Å²) in [5.41, 5.74) is 2.63. The van der Waals surface area contributed by atoms with E-state index in [2.05, 4.69) is 15.9 Å². The van der Waals surface area contributed by atoms with Gasteiger partial charge in [-0.15, -0.1) is 0 Å². The fraction of sp³-hybridized carbons (Fsp3) is 0.238. The van der Waals surface area contributed by atoms with Gasteiger partial charge in [-0.1, -0.05) is 24.0 Å². The van der Waals surface area contributed by atoms with Crippen molar-refractivity contribution in [1.29, 1.82) is 0 Å².